The first kappa shape index (κ1) is 15.9. The van der Waals surface area contributed by atoms with Crippen molar-refractivity contribution in [2.75, 3.05) is 7.05 Å². The van der Waals surface area contributed by atoms with Gasteiger partial charge in [-0.3, -0.25) is 9.88 Å². The minimum Gasteiger partial charge on any atom is -0.434 e. The number of rotatable bonds is 6. The van der Waals surface area contributed by atoms with E-state index in [1.165, 1.54) is 0 Å². The normalized spacial score (nSPS) is 11.1. The quantitative estimate of drug-likeness (QED) is 0.779. The summed E-state index contributed by atoms with van der Waals surface area (Å²) in [6, 6.07) is 9.03. The summed E-state index contributed by atoms with van der Waals surface area (Å²) in [4.78, 5) is 6.19. The maximum Gasteiger partial charge on any atom is 0.387 e. The van der Waals surface area contributed by atoms with Crippen molar-refractivity contribution in [3.8, 4) is 5.75 Å². The molecule has 1 aromatic heterocycles. The van der Waals surface area contributed by atoms with Crippen LogP contribution in [-0.2, 0) is 13.1 Å². The van der Waals surface area contributed by atoms with Crippen LogP contribution in [0.3, 0.4) is 0 Å². The fourth-order valence-electron chi connectivity index (χ4n) is 2.01. The predicted molar refractivity (Wildman–Crippen MR) is 80.2 cm³/mol. The molecule has 1 aromatic carbocycles. The minimum atomic E-state index is -2.82. The molecule has 0 saturated carbocycles. The summed E-state index contributed by atoms with van der Waals surface area (Å²) in [5.74, 6) is 0.142. The monoisotopic (exact) mass is 356 g/mol. The summed E-state index contributed by atoms with van der Waals surface area (Å²) in [5.41, 5.74) is 2.13. The molecule has 112 valence electrons. The fraction of sp³-hybridized carbons (Fsp3) is 0.267. The van der Waals surface area contributed by atoms with E-state index in [1.54, 1.807) is 24.4 Å². The first-order chi connectivity index (χ1) is 10.0. The average molecular weight is 357 g/mol. The van der Waals surface area contributed by atoms with Crippen molar-refractivity contribution in [1.82, 2.24) is 9.88 Å². The van der Waals surface area contributed by atoms with E-state index in [2.05, 4.69) is 30.6 Å². The van der Waals surface area contributed by atoms with Gasteiger partial charge in [-0.25, -0.2) is 0 Å². The average Bonchev–Trinajstić information content (AvgIpc) is 2.42. The third kappa shape index (κ3) is 5.06. The molecule has 6 heteroatoms. The Bertz CT molecular complexity index is 581. The van der Waals surface area contributed by atoms with Gasteiger partial charge in [-0.05, 0) is 52.3 Å². The second-order valence-electron chi connectivity index (χ2n) is 4.68. The van der Waals surface area contributed by atoms with E-state index in [0.29, 0.717) is 11.0 Å². The predicted octanol–water partition coefficient (Wildman–Crippen LogP) is 4.08. The Hall–Kier alpha value is -1.53. The highest BCUT2D eigenvalue weighted by Gasteiger charge is 2.09. The van der Waals surface area contributed by atoms with Crippen molar-refractivity contribution in [1.29, 1.82) is 0 Å². The molecule has 2 aromatic rings. The number of hydrogen-bond acceptors (Lipinski definition) is 3. The lowest BCUT2D eigenvalue weighted by molar-refractivity contribution is -0.0503. The third-order valence-corrected chi connectivity index (χ3v) is 3.46. The van der Waals surface area contributed by atoms with Gasteiger partial charge in [0.2, 0.25) is 0 Å². The Morgan fingerprint density at radius 1 is 1.24 bits per heavy atom. The van der Waals surface area contributed by atoms with Gasteiger partial charge in [0, 0.05) is 25.5 Å². The molecule has 0 N–H and O–H groups in total. The molecule has 1 heterocycles. The van der Waals surface area contributed by atoms with Crippen LogP contribution in [0.2, 0.25) is 0 Å². The summed E-state index contributed by atoms with van der Waals surface area (Å²) in [6.45, 7) is -1.36. The van der Waals surface area contributed by atoms with Gasteiger partial charge in [0.15, 0.2) is 0 Å². The number of benzene rings is 1. The standard InChI is InChI=1S/C15H15BrF2N2O/c1-20(10-12-3-2-6-19-8-12)9-11-4-5-14(13(16)7-11)21-15(17)18/h2-8,15H,9-10H2,1H3. The third-order valence-electron chi connectivity index (χ3n) is 2.84. The minimum absolute atomic E-state index is 0.142. The molecule has 0 aliphatic rings. The largest absolute Gasteiger partial charge is 0.434 e. The summed E-state index contributed by atoms with van der Waals surface area (Å²) in [7, 11) is 1.99. The lowest BCUT2D eigenvalue weighted by atomic mass is 10.2. The highest BCUT2D eigenvalue weighted by molar-refractivity contribution is 9.10. The molecule has 0 bridgehead atoms. The van der Waals surface area contributed by atoms with Crippen LogP contribution in [0.15, 0.2) is 47.2 Å². The van der Waals surface area contributed by atoms with Crippen molar-refractivity contribution in [2.45, 2.75) is 19.7 Å². The zero-order chi connectivity index (χ0) is 15.2. The second kappa shape index (κ2) is 7.47. The van der Waals surface area contributed by atoms with Crippen molar-refractivity contribution < 1.29 is 13.5 Å². The number of nitrogens with zero attached hydrogens (tertiary/aromatic N) is 2. The molecule has 21 heavy (non-hydrogen) atoms. The van der Waals surface area contributed by atoms with Crippen molar-refractivity contribution in [3.05, 3.63) is 58.3 Å². The van der Waals surface area contributed by atoms with Crippen LogP contribution in [-0.4, -0.2) is 23.5 Å². The van der Waals surface area contributed by atoms with Crippen molar-refractivity contribution in [3.63, 3.8) is 0 Å². The first-order valence-corrected chi connectivity index (χ1v) is 7.14. The Balaban J connectivity index is 1.98. The van der Waals surface area contributed by atoms with Crippen molar-refractivity contribution >= 4 is 15.9 Å². The van der Waals surface area contributed by atoms with Gasteiger partial charge in [0.1, 0.15) is 5.75 Å². The van der Waals surface area contributed by atoms with Gasteiger partial charge in [-0.2, -0.15) is 8.78 Å². The highest BCUT2D eigenvalue weighted by Crippen LogP contribution is 2.27. The summed E-state index contributed by atoms with van der Waals surface area (Å²) >= 11 is 3.25. The van der Waals surface area contributed by atoms with E-state index >= 15 is 0 Å². The van der Waals surface area contributed by atoms with Gasteiger partial charge in [-0.1, -0.05) is 12.1 Å². The van der Waals surface area contributed by atoms with Gasteiger partial charge >= 0.3 is 6.61 Å². The molecule has 0 saturated heterocycles. The number of ether oxygens (including phenoxy) is 1. The zero-order valence-electron chi connectivity index (χ0n) is 11.5. The van der Waals surface area contributed by atoms with Crippen molar-refractivity contribution in [2.24, 2.45) is 0 Å². The number of alkyl halides is 2. The van der Waals surface area contributed by atoms with Crippen LogP contribution in [0.1, 0.15) is 11.1 Å². The second-order valence-corrected chi connectivity index (χ2v) is 5.53. The molecule has 0 unspecified atom stereocenters. The van der Waals surface area contributed by atoms with E-state index in [1.807, 2.05) is 25.4 Å². The Kier molecular flexibility index (Phi) is 5.64. The van der Waals surface area contributed by atoms with Gasteiger partial charge in [0.05, 0.1) is 4.47 Å². The lowest BCUT2D eigenvalue weighted by Gasteiger charge is -2.17. The van der Waals surface area contributed by atoms with E-state index in [4.69, 9.17) is 0 Å². The summed E-state index contributed by atoms with van der Waals surface area (Å²) in [6.07, 6.45) is 3.56. The molecule has 0 spiro atoms. The molecule has 2 rings (SSSR count). The number of halogens is 3. The Morgan fingerprint density at radius 3 is 2.62 bits per heavy atom. The van der Waals surface area contributed by atoms with Gasteiger partial charge < -0.3 is 4.74 Å². The van der Waals surface area contributed by atoms with Crippen LogP contribution in [0.25, 0.3) is 0 Å². The van der Waals surface area contributed by atoms with Crippen LogP contribution < -0.4 is 4.74 Å². The molecule has 0 radical (unpaired) electrons. The highest BCUT2D eigenvalue weighted by atomic mass is 79.9. The fourth-order valence-corrected chi connectivity index (χ4v) is 2.52. The van der Waals surface area contributed by atoms with Gasteiger partial charge in [-0.15, -0.1) is 0 Å². The number of hydrogen-bond donors (Lipinski definition) is 0. The molecule has 0 aliphatic carbocycles. The zero-order valence-corrected chi connectivity index (χ0v) is 13.1. The summed E-state index contributed by atoms with van der Waals surface area (Å²) in [5, 5.41) is 0. The molecule has 0 atom stereocenters. The molecule has 3 nitrogen and oxygen atoms in total. The smallest absolute Gasteiger partial charge is 0.387 e. The maximum absolute atomic E-state index is 12.2. The van der Waals surface area contributed by atoms with E-state index in [-0.39, 0.29) is 5.75 Å². The number of aromatic nitrogens is 1. The molecular weight excluding hydrogens is 342 g/mol. The number of pyridine rings is 1. The molecule has 0 amide bonds. The Labute approximate surface area is 130 Å². The Morgan fingerprint density at radius 2 is 2.00 bits per heavy atom. The van der Waals surface area contributed by atoms with Crippen LogP contribution in [0.4, 0.5) is 8.78 Å². The van der Waals surface area contributed by atoms with E-state index in [0.717, 1.165) is 17.7 Å². The first-order valence-electron chi connectivity index (χ1n) is 6.35. The lowest BCUT2D eigenvalue weighted by Crippen LogP contribution is -2.17. The SMILES string of the molecule is CN(Cc1cccnc1)Cc1ccc(OC(F)F)c(Br)c1. The van der Waals surface area contributed by atoms with E-state index < -0.39 is 6.61 Å². The van der Waals surface area contributed by atoms with Crippen LogP contribution in [0, 0.1) is 0 Å². The molecule has 0 fully saturated rings. The van der Waals surface area contributed by atoms with Crippen LogP contribution in [0.5, 0.6) is 5.75 Å². The van der Waals surface area contributed by atoms with Gasteiger partial charge in [0.25, 0.3) is 0 Å². The summed E-state index contributed by atoms with van der Waals surface area (Å²) < 4.78 is 29.3. The topological polar surface area (TPSA) is 25.4 Å². The molecule has 0 aliphatic heterocycles. The van der Waals surface area contributed by atoms with Crippen LogP contribution >= 0.6 is 15.9 Å². The molecular formula is C15H15BrF2N2O. The maximum atomic E-state index is 12.2. The van der Waals surface area contributed by atoms with E-state index in [9.17, 15) is 8.78 Å².